The Kier molecular flexibility index (Phi) is 6.90. The number of phenols is 1. The van der Waals surface area contributed by atoms with E-state index in [-0.39, 0.29) is 24.1 Å². The predicted molar refractivity (Wildman–Crippen MR) is 118 cm³/mol. The van der Waals surface area contributed by atoms with Crippen molar-refractivity contribution in [3.05, 3.63) is 64.6 Å². The van der Waals surface area contributed by atoms with Crippen LogP contribution in [0, 0.1) is 0 Å². The minimum absolute atomic E-state index is 0.111. The van der Waals surface area contributed by atoms with Gasteiger partial charge in [-0.2, -0.15) is 0 Å². The quantitative estimate of drug-likeness (QED) is 0.522. The molecular weight excluding hydrogens is 408 g/mol. The Hall–Kier alpha value is -2.84. The van der Waals surface area contributed by atoms with Crippen LogP contribution in [0.15, 0.2) is 53.4 Å². The predicted octanol–water partition coefficient (Wildman–Crippen LogP) is 2.96. The highest BCUT2D eigenvalue weighted by Gasteiger charge is 2.33. The summed E-state index contributed by atoms with van der Waals surface area (Å²) < 4.78 is 5.49. The number of hydrogen-bond acceptors (Lipinski definition) is 6. The molecule has 0 unspecified atom stereocenters. The van der Waals surface area contributed by atoms with E-state index in [1.54, 1.807) is 37.5 Å². The van der Waals surface area contributed by atoms with E-state index < -0.39 is 0 Å². The molecule has 29 heavy (non-hydrogen) atoms. The number of hydrogen-bond donors (Lipinski definition) is 2. The van der Waals surface area contributed by atoms with Crippen LogP contribution in [-0.2, 0) is 16.0 Å². The molecule has 2 aromatic carbocycles. The maximum Gasteiger partial charge on any atom is 0.266 e. The fourth-order valence-electron chi connectivity index (χ4n) is 2.70. The molecule has 1 aliphatic rings. The van der Waals surface area contributed by atoms with Gasteiger partial charge >= 0.3 is 0 Å². The van der Waals surface area contributed by atoms with E-state index in [2.05, 4.69) is 5.32 Å². The van der Waals surface area contributed by atoms with Crippen LogP contribution in [0.4, 0.5) is 0 Å². The Bertz CT molecular complexity index is 940. The van der Waals surface area contributed by atoms with E-state index >= 15 is 0 Å². The van der Waals surface area contributed by atoms with Crippen molar-refractivity contribution in [3.8, 4) is 11.5 Å². The Morgan fingerprint density at radius 3 is 2.55 bits per heavy atom. The number of aromatic hydroxyl groups is 1. The molecule has 0 radical (unpaired) electrons. The topological polar surface area (TPSA) is 78.9 Å². The molecule has 1 heterocycles. The van der Waals surface area contributed by atoms with Crippen LogP contribution in [0.1, 0.15) is 11.1 Å². The third kappa shape index (κ3) is 5.58. The summed E-state index contributed by atoms with van der Waals surface area (Å²) in [5.41, 5.74) is 1.85. The first-order chi connectivity index (χ1) is 14.0. The molecule has 3 rings (SSSR count). The van der Waals surface area contributed by atoms with Gasteiger partial charge in [-0.1, -0.05) is 48.2 Å². The van der Waals surface area contributed by atoms with Crippen molar-refractivity contribution in [1.82, 2.24) is 10.2 Å². The van der Waals surface area contributed by atoms with Gasteiger partial charge in [0.05, 0.1) is 12.0 Å². The lowest BCUT2D eigenvalue weighted by Crippen LogP contribution is -2.40. The number of carbonyl (C=O) groups is 2. The molecule has 0 bridgehead atoms. The molecule has 0 saturated carbocycles. The molecule has 2 amide bonds. The highest BCUT2D eigenvalue weighted by Crippen LogP contribution is 2.32. The summed E-state index contributed by atoms with van der Waals surface area (Å²) in [6.45, 7) is 0.320. The van der Waals surface area contributed by atoms with Gasteiger partial charge in [-0.15, -0.1) is 0 Å². The highest BCUT2D eigenvalue weighted by molar-refractivity contribution is 8.26. The second kappa shape index (κ2) is 9.58. The van der Waals surface area contributed by atoms with Gasteiger partial charge in [-0.3, -0.25) is 14.5 Å². The van der Waals surface area contributed by atoms with Crippen LogP contribution in [0.5, 0.6) is 11.5 Å². The van der Waals surface area contributed by atoms with Crippen LogP contribution in [0.2, 0.25) is 0 Å². The fraction of sp³-hybridized carbons (Fsp3) is 0.190. The molecule has 2 N–H and O–H groups in total. The van der Waals surface area contributed by atoms with Crippen molar-refractivity contribution in [2.75, 3.05) is 20.2 Å². The average molecular weight is 429 g/mol. The van der Waals surface area contributed by atoms with E-state index in [1.165, 1.54) is 16.7 Å². The number of methoxy groups -OCH3 is 1. The molecule has 6 nitrogen and oxygen atoms in total. The first kappa shape index (κ1) is 20.9. The molecule has 0 spiro atoms. The lowest BCUT2D eigenvalue weighted by Gasteiger charge is -2.14. The van der Waals surface area contributed by atoms with Crippen molar-refractivity contribution in [2.45, 2.75) is 6.42 Å². The monoisotopic (exact) mass is 428 g/mol. The normalized spacial score (nSPS) is 15.1. The number of carbonyl (C=O) groups excluding carboxylic acids is 2. The van der Waals surface area contributed by atoms with Crippen LogP contribution in [0.25, 0.3) is 6.08 Å². The average Bonchev–Trinajstić information content (AvgIpc) is 2.97. The third-order valence-corrected chi connectivity index (χ3v) is 5.64. The second-order valence-corrected chi connectivity index (χ2v) is 7.98. The number of thioether (sulfide) groups is 1. The number of nitrogens with one attached hydrogen (secondary N) is 1. The van der Waals surface area contributed by atoms with Crippen molar-refractivity contribution in [2.24, 2.45) is 0 Å². The fourth-order valence-corrected chi connectivity index (χ4v) is 3.95. The van der Waals surface area contributed by atoms with Gasteiger partial charge in [0.2, 0.25) is 5.91 Å². The zero-order valence-corrected chi connectivity index (χ0v) is 17.4. The lowest BCUT2D eigenvalue weighted by molar-refractivity contribution is -0.128. The molecule has 1 fully saturated rings. The molecule has 8 heteroatoms. The summed E-state index contributed by atoms with van der Waals surface area (Å²) in [7, 11) is 1.59. The number of thiocarbonyl (C=S) groups is 1. The van der Waals surface area contributed by atoms with Gasteiger partial charge < -0.3 is 15.2 Å². The Balaban J connectivity index is 1.54. The Morgan fingerprint density at radius 2 is 1.90 bits per heavy atom. The molecule has 0 aromatic heterocycles. The van der Waals surface area contributed by atoms with Crippen LogP contribution >= 0.6 is 24.0 Å². The summed E-state index contributed by atoms with van der Waals surface area (Å²) >= 11 is 6.46. The maximum atomic E-state index is 12.6. The van der Waals surface area contributed by atoms with Crippen molar-refractivity contribution in [1.29, 1.82) is 0 Å². The maximum absolute atomic E-state index is 12.6. The summed E-state index contributed by atoms with van der Waals surface area (Å²) in [6, 6.07) is 14.1. The number of rotatable bonds is 7. The van der Waals surface area contributed by atoms with E-state index in [0.717, 1.165) is 16.9 Å². The minimum Gasteiger partial charge on any atom is -0.508 e. The molecule has 1 saturated heterocycles. The lowest BCUT2D eigenvalue weighted by atomic mass is 10.1. The summed E-state index contributed by atoms with van der Waals surface area (Å²) in [6.07, 6.45) is 2.38. The van der Waals surface area contributed by atoms with E-state index in [0.29, 0.717) is 22.2 Å². The smallest absolute Gasteiger partial charge is 0.266 e. The molecule has 0 aliphatic carbocycles. The summed E-state index contributed by atoms with van der Waals surface area (Å²) in [5, 5.41) is 12.1. The highest BCUT2D eigenvalue weighted by atomic mass is 32.2. The molecular formula is C21H20N2O4S2. The standard InChI is InChI=1S/C21H20N2O4S2/c1-27-17-8-4-15(5-9-17)12-18-20(26)23(21(28)29-18)13-19(25)22-11-10-14-2-6-16(24)7-3-14/h2-9,12,24H,10-11,13H2,1H3,(H,22,25)/b18-12-. The van der Waals surface area contributed by atoms with Gasteiger partial charge in [0.15, 0.2) is 0 Å². The van der Waals surface area contributed by atoms with Gasteiger partial charge in [0.25, 0.3) is 5.91 Å². The van der Waals surface area contributed by atoms with Crippen molar-refractivity contribution >= 4 is 46.2 Å². The van der Waals surface area contributed by atoms with Crippen LogP contribution in [-0.4, -0.2) is 46.3 Å². The summed E-state index contributed by atoms with van der Waals surface area (Å²) in [5.74, 6) is 0.392. The first-order valence-corrected chi connectivity index (χ1v) is 10.1. The summed E-state index contributed by atoms with van der Waals surface area (Å²) in [4.78, 5) is 26.6. The number of ether oxygens (including phenoxy) is 1. The number of phenolic OH excluding ortho intramolecular Hbond substituents is 1. The van der Waals surface area contributed by atoms with Crippen molar-refractivity contribution < 1.29 is 19.4 Å². The zero-order chi connectivity index (χ0) is 20.8. The van der Waals surface area contributed by atoms with Gasteiger partial charge in [-0.25, -0.2) is 0 Å². The molecule has 2 aromatic rings. The number of benzene rings is 2. The Morgan fingerprint density at radius 1 is 1.21 bits per heavy atom. The molecule has 1 aliphatic heterocycles. The van der Waals surface area contributed by atoms with Crippen LogP contribution in [0.3, 0.4) is 0 Å². The van der Waals surface area contributed by atoms with Crippen LogP contribution < -0.4 is 10.1 Å². The largest absolute Gasteiger partial charge is 0.508 e. The van der Waals surface area contributed by atoms with Gasteiger partial charge in [-0.05, 0) is 47.9 Å². The van der Waals surface area contributed by atoms with E-state index in [4.69, 9.17) is 17.0 Å². The third-order valence-electron chi connectivity index (χ3n) is 4.26. The first-order valence-electron chi connectivity index (χ1n) is 8.90. The molecule has 150 valence electrons. The molecule has 0 atom stereocenters. The van der Waals surface area contributed by atoms with Gasteiger partial charge in [0, 0.05) is 6.54 Å². The van der Waals surface area contributed by atoms with Crippen molar-refractivity contribution in [3.63, 3.8) is 0 Å². The SMILES string of the molecule is COc1ccc(/C=C2\SC(=S)N(CC(=O)NCCc3ccc(O)cc3)C2=O)cc1. The van der Waals surface area contributed by atoms with E-state index in [9.17, 15) is 14.7 Å². The second-order valence-electron chi connectivity index (χ2n) is 6.31. The van der Waals surface area contributed by atoms with E-state index in [1.807, 2.05) is 24.3 Å². The Labute approximate surface area is 178 Å². The number of amides is 2. The number of nitrogens with zero attached hydrogens (tertiary/aromatic N) is 1. The minimum atomic E-state index is -0.274. The zero-order valence-electron chi connectivity index (χ0n) is 15.8. The van der Waals surface area contributed by atoms with Gasteiger partial charge in [0.1, 0.15) is 22.4 Å².